The number of amides is 2. The fraction of sp³-hybridized carbons (Fsp3) is 0.364. The molecule has 0 radical (unpaired) electrons. The van der Waals surface area contributed by atoms with Crippen LogP contribution in [0.4, 0.5) is 0 Å². The van der Waals surface area contributed by atoms with Crippen molar-refractivity contribution >= 4 is 46.6 Å². The first-order chi connectivity index (χ1) is 13.7. The van der Waals surface area contributed by atoms with Gasteiger partial charge in [-0.3, -0.25) is 9.59 Å². The Morgan fingerprint density at radius 3 is 2.10 bits per heavy atom. The van der Waals surface area contributed by atoms with Gasteiger partial charge in [0, 0.05) is 33.2 Å². The molecule has 0 bridgehead atoms. The van der Waals surface area contributed by atoms with Crippen LogP contribution < -0.4 is 5.32 Å². The molecule has 4 nitrogen and oxygen atoms in total. The summed E-state index contributed by atoms with van der Waals surface area (Å²) in [6, 6.07) is 11.7. The molecule has 0 aliphatic carbocycles. The topological polar surface area (TPSA) is 49.4 Å². The maximum absolute atomic E-state index is 13.3. The number of hydrogen-bond donors (Lipinski definition) is 1. The average molecular weight is 456 g/mol. The van der Waals surface area contributed by atoms with Crippen molar-refractivity contribution in [3.8, 4) is 0 Å². The van der Waals surface area contributed by atoms with E-state index in [2.05, 4.69) is 5.32 Å². The average Bonchev–Trinajstić information content (AvgIpc) is 2.65. The molecule has 0 aromatic heterocycles. The van der Waals surface area contributed by atoms with E-state index in [0.717, 1.165) is 0 Å². The van der Waals surface area contributed by atoms with Crippen molar-refractivity contribution in [2.24, 2.45) is 0 Å². The van der Waals surface area contributed by atoms with Gasteiger partial charge in [-0.1, -0.05) is 66.0 Å². The van der Waals surface area contributed by atoms with E-state index in [4.69, 9.17) is 34.8 Å². The lowest BCUT2D eigenvalue weighted by atomic mass is 10.1. The largest absolute Gasteiger partial charge is 0.352 e. The number of benzene rings is 2. The fourth-order valence-corrected chi connectivity index (χ4v) is 3.78. The van der Waals surface area contributed by atoms with E-state index < -0.39 is 6.04 Å². The molecule has 0 unspecified atom stereocenters. The second kappa shape index (κ2) is 10.9. The molecule has 2 rings (SSSR count). The van der Waals surface area contributed by atoms with Crippen molar-refractivity contribution in [2.75, 3.05) is 0 Å². The Kier molecular flexibility index (Phi) is 8.81. The van der Waals surface area contributed by atoms with Crippen LogP contribution in [0.25, 0.3) is 0 Å². The highest BCUT2D eigenvalue weighted by atomic mass is 35.5. The van der Waals surface area contributed by atoms with E-state index in [1.165, 1.54) is 4.90 Å². The third-order valence-corrected chi connectivity index (χ3v) is 5.58. The Labute approximate surface area is 187 Å². The highest BCUT2D eigenvalue weighted by Crippen LogP contribution is 2.27. The number of nitrogens with zero attached hydrogens (tertiary/aromatic N) is 1. The lowest BCUT2D eigenvalue weighted by Gasteiger charge is -2.32. The van der Waals surface area contributed by atoms with E-state index in [-0.39, 0.29) is 30.8 Å². The van der Waals surface area contributed by atoms with Crippen LogP contribution in [0.3, 0.4) is 0 Å². The van der Waals surface area contributed by atoms with Crippen LogP contribution in [0.1, 0.15) is 38.3 Å². The second-order valence-electron chi connectivity index (χ2n) is 7.08. The van der Waals surface area contributed by atoms with Gasteiger partial charge in [-0.15, -0.1) is 0 Å². The number of carbonyl (C=O) groups excluding carboxylic acids is 2. The van der Waals surface area contributed by atoms with Crippen LogP contribution >= 0.6 is 34.8 Å². The summed E-state index contributed by atoms with van der Waals surface area (Å²) in [7, 11) is 0. The molecule has 0 saturated carbocycles. The summed E-state index contributed by atoms with van der Waals surface area (Å²) >= 11 is 18.9. The zero-order chi connectivity index (χ0) is 21.6. The van der Waals surface area contributed by atoms with Crippen molar-refractivity contribution in [1.82, 2.24) is 10.2 Å². The summed E-state index contributed by atoms with van der Waals surface area (Å²) in [4.78, 5) is 27.6. The molecule has 1 N–H and O–H groups in total. The predicted octanol–water partition coefficient (Wildman–Crippen LogP) is 5.52. The molecular formula is C22H25Cl3N2O2. The summed E-state index contributed by atoms with van der Waals surface area (Å²) < 4.78 is 0. The molecule has 2 aromatic carbocycles. The number of nitrogens with one attached hydrogen (secondary N) is 1. The van der Waals surface area contributed by atoms with Gasteiger partial charge in [-0.05, 0) is 44.0 Å². The Morgan fingerprint density at radius 1 is 0.966 bits per heavy atom. The maximum atomic E-state index is 13.3. The lowest BCUT2D eigenvalue weighted by molar-refractivity contribution is -0.141. The first-order valence-corrected chi connectivity index (χ1v) is 10.6. The summed E-state index contributed by atoms with van der Waals surface area (Å²) in [5, 5.41) is 4.31. The van der Waals surface area contributed by atoms with Crippen molar-refractivity contribution in [3.63, 3.8) is 0 Å². The van der Waals surface area contributed by atoms with Crippen molar-refractivity contribution in [1.29, 1.82) is 0 Å². The number of rotatable bonds is 8. The summed E-state index contributed by atoms with van der Waals surface area (Å²) in [6.07, 6.45) is 0.530. The molecule has 7 heteroatoms. The zero-order valence-electron chi connectivity index (χ0n) is 16.7. The van der Waals surface area contributed by atoms with Gasteiger partial charge in [0.1, 0.15) is 6.04 Å². The van der Waals surface area contributed by atoms with E-state index in [1.807, 2.05) is 32.9 Å². The standard InChI is InChI=1S/C22H25Cl3N2O2/c1-4-20(22(29)26-14(2)3)27(13-16-18(24)10-7-11-19(16)25)21(28)12-15-8-5-6-9-17(15)23/h5-11,14,20H,4,12-13H2,1-3H3,(H,26,29)/t20-/m0/s1. The van der Waals surface area contributed by atoms with Gasteiger partial charge in [0.15, 0.2) is 0 Å². The normalized spacial score (nSPS) is 12.0. The highest BCUT2D eigenvalue weighted by Gasteiger charge is 2.30. The molecule has 0 heterocycles. The van der Waals surface area contributed by atoms with Crippen LogP contribution in [0.2, 0.25) is 15.1 Å². The van der Waals surface area contributed by atoms with Crippen molar-refractivity contribution in [3.05, 3.63) is 68.7 Å². The molecule has 29 heavy (non-hydrogen) atoms. The molecule has 0 aliphatic rings. The van der Waals surface area contributed by atoms with Gasteiger partial charge in [0.05, 0.1) is 6.42 Å². The molecule has 0 saturated heterocycles. The Hall–Kier alpha value is -1.75. The first kappa shape index (κ1) is 23.5. The van der Waals surface area contributed by atoms with Crippen LogP contribution in [-0.4, -0.2) is 28.8 Å². The van der Waals surface area contributed by atoms with Gasteiger partial charge < -0.3 is 10.2 Å². The van der Waals surface area contributed by atoms with Crippen LogP contribution in [0, 0.1) is 0 Å². The van der Waals surface area contributed by atoms with Crippen LogP contribution in [0.15, 0.2) is 42.5 Å². The minimum atomic E-state index is -0.653. The molecule has 0 spiro atoms. The third-order valence-electron chi connectivity index (χ3n) is 4.51. The van der Waals surface area contributed by atoms with Gasteiger partial charge >= 0.3 is 0 Å². The van der Waals surface area contributed by atoms with Crippen molar-refractivity contribution < 1.29 is 9.59 Å². The smallest absolute Gasteiger partial charge is 0.243 e. The Balaban J connectivity index is 2.39. The fourth-order valence-electron chi connectivity index (χ4n) is 3.06. The highest BCUT2D eigenvalue weighted by molar-refractivity contribution is 6.36. The molecule has 156 valence electrons. The minimum Gasteiger partial charge on any atom is -0.352 e. The Bertz CT molecular complexity index is 851. The zero-order valence-corrected chi connectivity index (χ0v) is 19.0. The molecule has 1 atom stereocenters. The monoisotopic (exact) mass is 454 g/mol. The Morgan fingerprint density at radius 2 is 1.55 bits per heavy atom. The van der Waals surface area contributed by atoms with E-state index in [0.29, 0.717) is 32.6 Å². The first-order valence-electron chi connectivity index (χ1n) is 9.50. The van der Waals surface area contributed by atoms with E-state index in [9.17, 15) is 9.59 Å². The van der Waals surface area contributed by atoms with Crippen LogP contribution in [0.5, 0.6) is 0 Å². The number of carbonyl (C=O) groups is 2. The van der Waals surface area contributed by atoms with Gasteiger partial charge in [0.25, 0.3) is 0 Å². The van der Waals surface area contributed by atoms with Crippen LogP contribution in [-0.2, 0) is 22.6 Å². The number of halogens is 3. The minimum absolute atomic E-state index is 0.0408. The van der Waals surface area contributed by atoms with Gasteiger partial charge in [0.2, 0.25) is 11.8 Å². The summed E-state index contributed by atoms with van der Waals surface area (Å²) in [5.41, 5.74) is 1.31. The summed E-state index contributed by atoms with van der Waals surface area (Å²) in [5.74, 6) is -0.432. The summed E-state index contributed by atoms with van der Waals surface area (Å²) in [6.45, 7) is 5.76. The molecular weight excluding hydrogens is 431 g/mol. The second-order valence-corrected chi connectivity index (χ2v) is 8.30. The SMILES string of the molecule is CC[C@@H](C(=O)NC(C)C)N(Cc1c(Cl)cccc1Cl)C(=O)Cc1ccccc1Cl. The van der Waals surface area contributed by atoms with Gasteiger partial charge in [-0.25, -0.2) is 0 Å². The lowest BCUT2D eigenvalue weighted by Crippen LogP contribution is -2.50. The number of hydrogen-bond acceptors (Lipinski definition) is 2. The molecule has 2 aromatic rings. The van der Waals surface area contributed by atoms with E-state index in [1.54, 1.807) is 30.3 Å². The molecule has 2 amide bonds. The molecule has 0 fully saturated rings. The quantitative estimate of drug-likeness (QED) is 0.569. The molecule has 0 aliphatic heterocycles. The maximum Gasteiger partial charge on any atom is 0.243 e. The van der Waals surface area contributed by atoms with E-state index >= 15 is 0 Å². The van der Waals surface area contributed by atoms with Gasteiger partial charge in [-0.2, -0.15) is 0 Å². The predicted molar refractivity (Wildman–Crippen MR) is 120 cm³/mol. The third kappa shape index (κ3) is 6.36. The van der Waals surface area contributed by atoms with Crippen molar-refractivity contribution in [2.45, 2.75) is 52.2 Å².